The highest BCUT2D eigenvalue weighted by molar-refractivity contribution is 7.99. The SMILES string of the molecule is Cc1c(C(=O)CSc2cccc[n+]2[O-])sc2ccccc12. The summed E-state index contributed by atoms with van der Waals surface area (Å²) in [4.78, 5) is 13.2. The molecule has 1 aromatic carbocycles. The second-order valence-corrected chi connectivity index (χ2v) is 6.68. The first kappa shape index (κ1) is 14.1. The van der Waals surface area contributed by atoms with E-state index in [2.05, 4.69) is 0 Å². The maximum Gasteiger partial charge on any atom is 0.251 e. The molecule has 0 atom stereocenters. The van der Waals surface area contributed by atoms with E-state index in [1.165, 1.54) is 29.3 Å². The normalized spacial score (nSPS) is 10.9. The van der Waals surface area contributed by atoms with Crippen LogP contribution in [-0.2, 0) is 0 Å². The summed E-state index contributed by atoms with van der Waals surface area (Å²) < 4.78 is 1.91. The Bertz CT molecular complexity index is 811. The fourth-order valence-corrected chi connectivity index (χ4v) is 4.19. The maximum absolute atomic E-state index is 12.4. The van der Waals surface area contributed by atoms with Crippen LogP contribution in [0.4, 0.5) is 0 Å². The van der Waals surface area contributed by atoms with Crippen LogP contribution in [0.3, 0.4) is 0 Å². The van der Waals surface area contributed by atoms with Crippen molar-refractivity contribution in [3.63, 3.8) is 0 Å². The van der Waals surface area contributed by atoms with Crippen LogP contribution in [0.5, 0.6) is 0 Å². The number of hydrogen-bond donors (Lipinski definition) is 0. The average Bonchev–Trinajstić information content (AvgIpc) is 2.84. The number of pyridine rings is 1. The highest BCUT2D eigenvalue weighted by atomic mass is 32.2. The van der Waals surface area contributed by atoms with E-state index in [0.717, 1.165) is 25.3 Å². The minimum atomic E-state index is 0.0718. The zero-order valence-corrected chi connectivity index (χ0v) is 13.0. The zero-order valence-electron chi connectivity index (χ0n) is 11.4. The van der Waals surface area contributed by atoms with E-state index in [1.807, 2.05) is 31.2 Å². The molecule has 0 radical (unpaired) electrons. The van der Waals surface area contributed by atoms with E-state index < -0.39 is 0 Å². The summed E-state index contributed by atoms with van der Waals surface area (Å²) in [6, 6.07) is 13.2. The molecule has 0 spiro atoms. The van der Waals surface area contributed by atoms with Crippen LogP contribution in [0.2, 0.25) is 0 Å². The first-order valence-corrected chi connectivity index (χ1v) is 8.29. The summed E-state index contributed by atoms with van der Waals surface area (Å²) in [6.45, 7) is 1.98. The van der Waals surface area contributed by atoms with Crippen molar-refractivity contribution in [2.24, 2.45) is 0 Å². The molecule has 0 bridgehead atoms. The van der Waals surface area contributed by atoms with Crippen LogP contribution in [-0.4, -0.2) is 11.5 Å². The van der Waals surface area contributed by atoms with Gasteiger partial charge >= 0.3 is 0 Å². The molecule has 2 heterocycles. The molecule has 0 aliphatic heterocycles. The van der Waals surface area contributed by atoms with Gasteiger partial charge in [-0.3, -0.25) is 4.79 Å². The van der Waals surface area contributed by atoms with Crippen molar-refractivity contribution in [2.75, 3.05) is 5.75 Å². The van der Waals surface area contributed by atoms with Gasteiger partial charge in [-0.05, 0) is 41.8 Å². The Labute approximate surface area is 130 Å². The second-order valence-electron chi connectivity index (χ2n) is 4.63. The summed E-state index contributed by atoms with van der Waals surface area (Å²) in [5.41, 5.74) is 1.03. The van der Waals surface area contributed by atoms with Gasteiger partial charge in [-0.15, -0.1) is 11.3 Å². The Balaban J connectivity index is 1.81. The zero-order chi connectivity index (χ0) is 14.8. The number of Topliss-reactive ketones (excluding diaryl/α,β-unsaturated/α-hetero) is 1. The molecule has 106 valence electrons. The number of aromatic nitrogens is 1. The standard InChI is InChI=1S/C16H13NO2S2/c1-11-12-6-2-3-7-14(12)21-16(11)13(18)10-20-15-8-4-5-9-17(15)19/h2-9H,10H2,1H3. The summed E-state index contributed by atoms with van der Waals surface area (Å²) in [5.74, 6) is 0.350. The Hall–Kier alpha value is -1.85. The molecule has 0 aliphatic carbocycles. The fourth-order valence-electron chi connectivity index (χ4n) is 2.17. The molecule has 0 saturated heterocycles. The number of nitrogens with zero attached hydrogens (tertiary/aromatic N) is 1. The lowest BCUT2D eigenvalue weighted by Crippen LogP contribution is -2.28. The number of carbonyl (C=O) groups excluding carboxylic acids is 1. The first-order valence-electron chi connectivity index (χ1n) is 6.49. The number of ketones is 1. The van der Waals surface area contributed by atoms with E-state index >= 15 is 0 Å². The molecule has 0 amide bonds. The Kier molecular flexibility index (Phi) is 3.94. The Morgan fingerprint density at radius 3 is 2.76 bits per heavy atom. The van der Waals surface area contributed by atoms with Gasteiger partial charge in [-0.2, -0.15) is 4.73 Å². The predicted molar refractivity (Wildman–Crippen MR) is 87.0 cm³/mol. The van der Waals surface area contributed by atoms with E-state index in [9.17, 15) is 10.0 Å². The molecule has 5 heteroatoms. The van der Waals surface area contributed by atoms with Crippen molar-refractivity contribution >= 4 is 39.0 Å². The van der Waals surface area contributed by atoms with Gasteiger partial charge in [-0.1, -0.05) is 18.2 Å². The van der Waals surface area contributed by atoms with Gasteiger partial charge in [0.2, 0.25) is 0 Å². The summed E-state index contributed by atoms with van der Waals surface area (Å²) in [7, 11) is 0. The Morgan fingerprint density at radius 1 is 1.24 bits per heavy atom. The van der Waals surface area contributed by atoms with E-state index in [-0.39, 0.29) is 11.5 Å². The van der Waals surface area contributed by atoms with Crippen LogP contribution < -0.4 is 4.73 Å². The molecule has 2 aromatic heterocycles. The molecule has 0 saturated carbocycles. The summed E-state index contributed by atoms with van der Waals surface area (Å²) in [6.07, 6.45) is 1.44. The molecule has 21 heavy (non-hydrogen) atoms. The molecule has 3 nitrogen and oxygen atoms in total. The van der Waals surface area contributed by atoms with E-state index in [4.69, 9.17) is 0 Å². The van der Waals surface area contributed by atoms with Crippen LogP contribution in [0.1, 0.15) is 15.2 Å². The summed E-state index contributed by atoms with van der Waals surface area (Å²) in [5, 5.41) is 13.2. The van der Waals surface area contributed by atoms with Crippen molar-refractivity contribution in [3.05, 3.63) is 64.3 Å². The first-order chi connectivity index (χ1) is 10.2. The van der Waals surface area contributed by atoms with E-state index in [0.29, 0.717) is 5.03 Å². The molecule has 0 aliphatic rings. The van der Waals surface area contributed by atoms with Gasteiger partial charge in [0.05, 0.1) is 10.6 Å². The number of benzene rings is 1. The molecular formula is C16H13NO2S2. The van der Waals surface area contributed by atoms with Gasteiger partial charge in [0, 0.05) is 16.8 Å². The lowest BCUT2D eigenvalue weighted by Gasteiger charge is -2.02. The number of hydrogen-bond acceptors (Lipinski definition) is 4. The molecule has 3 aromatic rings. The van der Waals surface area contributed by atoms with Crippen LogP contribution in [0.25, 0.3) is 10.1 Å². The molecular weight excluding hydrogens is 302 g/mol. The monoisotopic (exact) mass is 315 g/mol. The predicted octanol–water partition coefficient (Wildman–Crippen LogP) is 3.82. The molecule has 3 rings (SSSR count). The lowest BCUT2D eigenvalue weighted by atomic mass is 10.1. The van der Waals surface area contributed by atoms with Crippen LogP contribution >= 0.6 is 23.1 Å². The van der Waals surface area contributed by atoms with Gasteiger partial charge < -0.3 is 5.21 Å². The smallest absolute Gasteiger partial charge is 0.251 e. The maximum atomic E-state index is 12.4. The lowest BCUT2D eigenvalue weighted by molar-refractivity contribution is -0.645. The van der Waals surface area contributed by atoms with Gasteiger partial charge in [0.25, 0.3) is 5.03 Å². The third-order valence-electron chi connectivity index (χ3n) is 3.24. The van der Waals surface area contributed by atoms with Crippen LogP contribution in [0, 0.1) is 12.1 Å². The third kappa shape index (κ3) is 2.80. The minimum absolute atomic E-state index is 0.0718. The highest BCUT2D eigenvalue weighted by Crippen LogP contribution is 2.31. The number of aryl methyl sites for hydroxylation is 1. The fraction of sp³-hybridized carbons (Fsp3) is 0.125. The van der Waals surface area contributed by atoms with Gasteiger partial charge in [0.15, 0.2) is 12.0 Å². The van der Waals surface area contributed by atoms with Gasteiger partial charge in [0.1, 0.15) is 0 Å². The number of thiophene rings is 1. The van der Waals surface area contributed by atoms with Gasteiger partial charge in [-0.25, -0.2) is 0 Å². The number of thioether (sulfide) groups is 1. The third-order valence-corrected chi connectivity index (χ3v) is 5.57. The molecule has 0 N–H and O–H groups in total. The minimum Gasteiger partial charge on any atom is -0.618 e. The summed E-state index contributed by atoms with van der Waals surface area (Å²) >= 11 is 2.80. The topological polar surface area (TPSA) is 44.0 Å². The van der Waals surface area contributed by atoms with Crippen molar-refractivity contribution in [2.45, 2.75) is 11.9 Å². The highest BCUT2D eigenvalue weighted by Gasteiger charge is 2.17. The quantitative estimate of drug-likeness (QED) is 0.318. The average molecular weight is 315 g/mol. The largest absolute Gasteiger partial charge is 0.618 e. The number of fused-ring (bicyclic) bond motifs is 1. The number of rotatable bonds is 4. The van der Waals surface area contributed by atoms with E-state index in [1.54, 1.807) is 18.2 Å². The number of carbonyl (C=O) groups is 1. The van der Waals surface area contributed by atoms with Crippen molar-refractivity contribution < 1.29 is 9.52 Å². The molecule has 0 unspecified atom stereocenters. The van der Waals surface area contributed by atoms with Crippen LogP contribution in [0.15, 0.2) is 53.7 Å². The Morgan fingerprint density at radius 2 is 2.00 bits per heavy atom. The van der Waals surface area contributed by atoms with Crippen molar-refractivity contribution in [3.8, 4) is 0 Å². The second kappa shape index (κ2) is 5.87. The van der Waals surface area contributed by atoms with Crippen molar-refractivity contribution in [1.29, 1.82) is 0 Å². The molecule has 0 fully saturated rings. The van der Waals surface area contributed by atoms with Crippen molar-refractivity contribution in [1.82, 2.24) is 0 Å².